The third-order valence-electron chi connectivity index (χ3n) is 2.12. The van der Waals surface area contributed by atoms with Crippen LogP contribution in [0.3, 0.4) is 0 Å². The van der Waals surface area contributed by atoms with Gasteiger partial charge in [0.1, 0.15) is 0 Å². The average molecular weight is 186 g/mol. The summed E-state index contributed by atoms with van der Waals surface area (Å²) in [5.41, 5.74) is 0.996. The highest BCUT2D eigenvalue weighted by atomic mass is 16.7. The highest BCUT2D eigenvalue weighted by Crippen LogP contribution is 2.27. The molecule has 0 radical (unpaired) electrons. The summed E-state index contributed by atoms with van der Waals surface area (Å²) in [6.07, 6.45) is 0. The molecule has 13 heavy (non-hydrogen) atoms. The van der Waals surface area contributed by atoms with Gasteiger partial charge in [0.05, 0.1) is 0 Å². The lowest BCUT2D eigenvalue weighted by Gasteiger charge is -2.33. The molecule has 0 rings (SSSR count). The van der Waals surface area contributed by atoms with Crippen LogP contribution in [0.2, 0.25) is 0 Å². The maximum Gasteiger partial charge on any atom is 0.187 e. The van der Waals surface area contributed by atoms with Crippen LogP contribution in [0.1, 0.15) is 34.6 Å². The Labute approximate surface area is 81.9 Å². The fraction of sp³-hybridized carbons (Fsp3) is 0.818. The van der Waals surface area contributed by atoms with Crippen molar-refractivity contribution in [3.63, 3.8) is 0 Å². The number of hydrogen-bond acceptors (Lipinski definition) is 2. The van der Waals surface area contributed by atoms with Crippen molar-refractivity contribution in [3.8, 4) is 0 Å². The molecule has 0 aromatic heterocycles. The summed E-state index contributed by atoms with van der Waals surface area (Å²) in [5, 5.41) is 0. The van der Waals surface area contributed by atoms with Gasteiger partial charge in [0.15, 0.2) is 5.79 Å². The molecule has 0 N–H and O–H groups in total. The van der Waals surface area contributed by atoms with Gasteiger partial charge in [-0.1, -0.05) is 20.4 Å². The van der Waals surface area contributed by atoms with E-state index < -0.39 is 5.79 Å². The molecule has 2 heteroatoms. The van der Waals surface area contributed by atoms with Gasteiger partial charge in [-0.15, -0.1) is 0 Å². The molecule has 0 fully saturated rings. The Morgan fingerprint density at radius 1 is 1.23 bits per heavy atom. The van der Waals surface area contributed by atoms with Crippen LogP contribution < -0.4 is 0 Å². The molecule has 0 aromatic rings. The second kappa shape index (κ2) is 5.40. The summed E-state index contributed by atoms with van der Waals surface area (Å²) >= 11 is 0. The first-order chi connectivity index (χ1) is 5.98. The molecule has 0 spiro atoms. The molecular formula is C11H22O2. The molecule has 78 valence electrons. The predicted octanol–water partition coefficient (Wildman–Crippen LogP) is 2.99. The van der Waals surface area contributed by atoms with Crippen molar-refractivity contribution in [2.45, 2.75) is 40.4 Å². The molecule has 0 bridgehead atoms. The van der Waals surface area contributed by atoms with Crippen molar-refractivity contribution >= 4 is 0 Å². The molecule has 0 unspecified atom stereocenters. The first-order valence-electron chi connectivity index (χ1n) is 4.95. The van der Waals surface area contributed by atoms with Crippen LogP contribution in [0, 0.1) is 5.92 Å². The summed E-state index contributed by atoms with van der Waals surface area (Å²) in [4.78, 5) is 0. The Balaban J connectivity index is 4.46. The zero-order valence-electron chi connectivity index (χ0n) is 9.52. The summed E-state index contributed by atoms with van der Waals surface area (Å²) < 4.78 is 11.1. The largest absolute Gasteiger partial charge is 0.347 e. The Hall–Kier alpha value is -0.340. The van der Waals surface area contributed by atoms with Crippen LogP contribution in [0.4, 0.5) is 0 Å². The Morgan fingerprint density at radius 3 is 1.85 bits per heavy atom. The quantitative estimate of drug-likeness (QED) is 0.469. The molecule has 0 aliphatic carbocycles. The second-order valence-corrected chi connectivity index (χ2v) is 3.49. The smallest absolute Gasteiger partial charge is 0.187 e. The van der Waals surface area contributed by atoms with E-state index in [0.717, 1.165) is 5.57 Å². The van der Waals surface area contributed by atoms with Gasteiger partial charge in [-0.05, 0) is 32.3 Å². The van der Waals surface area contributed by atoms with Crippen molar-refractivity contribution in [1.82, 2.24) is 0 Å². The molecule has 0 amide bonds. The summed E-state index contributed by atoms with van der Waals surface area (Å²) in [5.74, 6) is -0.236. The Morgan fingerprint density at radius 2 is 1.62 bits per heavy atom. The average Bonchev–Trinajstić information content (AvgIpc) is 2.03. The van der Waals surface area contributed by atoms with E-state index in [9.17, 15) is 0 Å². The van der Waals surface area contributed by atoms with Crippen LogP contribution in [0.15, 0.2) is 12.2 Å². The van der Waals surface area contributed by atoms with E-state index in [2.05, 4.69) is 20.4 Å². The fourth-order valence-corrected chi connectivity index (χ4v) is 1.30. The minimum absolute atomic E-state index is 0.378. The van der Waals surface area contributed by atoms with E-state index in [-0.39, 0.29) is 0 Å². The Bertz CT molecular complexity index is 155. The van der Waals surface area contributed by atoms with Crippen LogP contribution in [-0.2, 0) is 9.47 Å². The van der Waals surface area contributed by atoms with Gasteiger partial charge in [-0.25, -0.2) is 0 Å². The number of ether oxygens (including phenoxy) is 2. The minimum atomic E-state index is -0.613. The zero-order chi connectivity index (χ0) is 10.5. The van der Waals surface area contributed by atoms with Gasteiger partial charge in [0.25, 0.3) is 0 Å². The van der Waals surface area contributed by atoms with Gasteiger partial charge in [-0.2, -0.15) is 0 Å². The van der Waals surface area contributed by atoms with Crippen molar-refractivity contribution in [2.75, 3.05) is 13.2 Å². The molecule has 0 aromatic carbocycles. The predicted molar refractivity (Wildman–Crippen MR) is 55.6 cm³/mol. The normalized spacial score (nSPS) is 12.2. The highest BCUT2D eigenvalue weighted by molar-refractivity contribution is 5.09. The first-order valence-corrected chi connectivity index (χ1v) is 4.95. The van der Waals surface area contributed by atoms with E-state index in [1.807, 2.05) is 20.8 Å². The fourth-order valence-electron chi connectivity index (χ4n) is 1.30. The number of rotatable bonds is 6. The van der Waals surface area contributed by atoms with Crippen molar-refractivity contribution in [3.05, 3.63) is 12.2 Å². The zero-order valence-corrected chi connectivity index (χ0v) is 9.52. The van der Waals surface area contributed by atoms with E-state index >= 15 is 0 Å². The summed E-state index contributed by atoms with van der Waals surface area (Å²) in [6.45, 7) is 15.3. The van der Waals surface area contributed by atoms with Gasteiger partial charge in [-0.3, -0.25) is 0 Å². The molecular weight excluding hydrogens is 164 g/mol. The molecule has 0 aliphatic rings. The number of hydrogen-bond donors (Lipinski definition) is 0. The van der Waals surface area contributed by atoms with Gasteiger partial charge < -0.3 is 9.47 Å². The van der Waals surface area contributed by atoms with Crippen molar-refractivity contribution in [2.24, 2.45) is 5.92 Å². The molecule has 2 nitrogen and oxygen atoms in total. The van der Waals surface area contributed by atoms with Crippen molar-refractivity contribution < 1.29 is 9.47 Å². The van der Waals surface area contributed by atoms with Crippen LogP contribution in [0.5, 0.6) is 0 Å². The molecule has 0 heterocycles. The molecule has 0 aliphatic heterocycles. The SMILES string of the molecule is C=C(C(C)C)C(C)(OCC)OCC. The summed E-state index contributed by atoms with van der Waals surface area (Å²) in [7, 11) is 0. The Kier molecular flexibility index (Phi) is 5.26. The van der Waals surface area contributed by atoms with Crippen molar-refractivity contribution in [1.29, 1.82) is 0 Å². The van der Waals surface area contributed by atoms with Crippen LogP contribution in [-0.4, -0.2) is 19.0 Å². The van der Waals surface area contributed by atoms with E-state index in [4.69, 9.17) is 9.47 Å². The standard InChI is InChI=1S/C11H22O2/c1-7-12-11(6,13-8-2)10(5)9(3)4/h9H,5,7-8H2,1-4,6H3. The van der Waals surface area contributed by atoms with Crippen LogP contribution in [0.25, 0.3) is 0 Å². The molecule has 0 saturated carbocycles. The maximum absolute atomic E-state index is 5.57. The maximum atomic E-state index is 5.57. The summed E-state index contributed by atoms with van der Waals surface area (Å²) in [6, 6.07) is 0. The molecule has 0 saturated heterocycles. The lowest BCUT2D eigenvalue weighted by atomic mass is 9.97. The highest BCUT2D eigenvalue weighted by Gasteiger charge is 2.30. The van der Waals surface area contributed by atoms with Crippen LogP contribution >= 0.6 is 0 Å². The third kappa shape index (κ3) is 3.49. The first kappa shape index (κ1) is 12.7. The lowest BCUT2D eigenvalue weighted by molar-refractivity contribution is -0.197. The minimum Gasteiger partial charge on any atom is -0.347 e. The van der Waals surface area contributed by atoms with Gasteiger partial charge in [0.2, 0.25) is 0 Å². The van der Waals surface area contributed by atoms with Gasteiger partial charge in [0, 0.05) is 13.2 Å². The third-order valence-corrected chi connectivity index (χ3v) is 2.12. The second-order valence-electron chi connectivity index (χ2n) is 3.49. The topological polar surface area (TPSA) is 18.5 Å². The van der Waals surface area contributed by atoms with Gasteiger partial charge >= 0.3 is 0 Å². The molecule has 0 atom stereocenters. The lowest BCUT2D eigenvalue weighted by Crippen LogP contribution is -2.36. The van der Waals surface area contributed by atoms with E-state index in [1.165, 1.54) is 0 Å². The van der Waals surface area contributed by atoms with E-state index in [0.29, 0.717) is 19.1 Å². The monoisotopic (exact) mass is 186 g/mol. The van der Waals surface area contributed by atoms with E-state index in [1.54, 1.807) is 0 Å².